The Labute approximate surface area is 132 Å². The maximum absolute atomic E-state index is 5.91. The van der Waals surface area contributed by atoms with Gasteiger partial charge in [0.1, 0.15) is 0 Å². The molecule has 0 bridgehead atoms. The van der Waals surface area contributed by atoms with Crippen LogP contribution in [0.1, 0.15) is 17.5 Å². The van der Waals surface area contributed by atoms with Crippen LogP contribution in [0.4, 0.5) is 0 Å². The second-order valence-electron chi connectivity index (χ2n) is 4.82. The van der Waals surface area contributed by atoms with Gasteiger partial charge in [0, 0.05) is 22.5 Å². The molecule has 0 aromatic heterocycles. The van der Waals surface area contributed by atoms with Crippen LogP contribution >= 0.6 is 27.5 Å². The Morgan fingerprint density at radius 1 is 1.05 bits per heavy atom. The van der Waals surface area contributed by atoms with Gasteiger partial charge in [0.05, 0.1) is 12.3 Å². The molecule has 0 unspecified atom stereocenters. The first kappa shape index (κ1) is 13.7. The number of rotatable bonds is 3. The summed E-state index contributed by atoms with van der Waals surface area (Å²) in [5.41, 5.74) is 3.57. The van der Waals surface area contributed by atoms with E-state index in [1.807, 2.05) is 24.3 Å². The lowest BCUT2D eigenvalue weighted by molar-refractivity contribution is 0.310. The Balaban J connectivity index is 1.71. The van der Waals surface area contributed by atoms with Crippen LogP contribution in [-0.2, 0) is 6.54 Å². The van der Waals surface area contributed by atoms with Crippen LogP contribution in [0.3, 0.4) is 0 Å². The Kier molecular flexibility index (Phi) is 4.08. The summed E-state index contributed by atoms with van der Waals surface area (Å²) in [6.45, 7) is 1.82. The fourth-order valence-corrected chi connectivity index (χ4v) is 2.66. The molecule has 4 heteroatoms. The summed E-state index contributed by atoms with van der Waals surface area (Å²) in [5, 5.41) is 7.58. The molecule has 0 fully saturated rings. The van der Waals surface area contributed by atoms with Gasteiger partial charge in [0.2, 0.25) is 0 Å². The highest BCUT2D eigenvalue weighted by atomic mass is 79.9. The van der Waals surface area contributed by atoms with Gasteiger partial charge in [0.15, 0.2) is 0 Å². The first-order chi connectivity index (χ1) is 9.70. The van der Waals surface area contributed by atoms with Crippen molar-refractivity contribution in [3.05, 3.63) is 69.2 Å². The third kappa shape index (κ3) is 3.22. The maximum Gasteiger partial charge on any atom is 0.0696 e. The van der Waals surface area contributed by atoms with Gasteiger partial charge < -0.3 is 0 Å². The van der Waals surface area contributed by atoms with Gasteiger partial charge in [-0.05, 0) is 35.4 Å². The molecule has 0 saturated heterocycles. The van der Waals surface area contributed by atoms with Gasteiger partial charge in [0.25, 0.3) is 0 Å². The monoisotopic (exact) mass is 348 g/mol. The van der Waals surface area contributed by atoms with Gasteiger partial charge in [-0.25, -0.2) is 0 Å². The zero-order chi connectivity index (χ0) is 13.9. The average molecular weight is 350 g/mol. The number of halogens is 2. The van der Waals surface area contributed by atoms with E-state index in [0.29, 0.717) is 0 Å². The minimum absolute atomic E-state index is 0.763. The Hall–Kier alpha value is -1.32. The number of nitrogens with zero attached hydrogens (tertiary/aromatic N) is 2. The lowest BCUT2D eigenvalue weighted by Gasteiger charge is -2.13. The van der Waals surface area contributed by atoms with E-state index in [1.165, 1.54) is 5.56 Å². The second-order valence-corrected chi connectivity index (χ2v) is 6.17. The second kappa shape index (κ2) is 5.98. The van der Waals surface area contributed by atoms with E-state index < -0.39 is 0 Å². The third-order valence-electron chi connectivity index (χ3n) is 3.32. The summed E-state index contributed by atoms with van der Waals surface area (Å²) in [7, 11) is 0. The van der Waals surface area contributed by atoms with Crippen molar-refractivity contribution in [1.82, 2.24) is 5.01 Å². The maximum atomic E-state index is 5.91. The molecule has 102 valence electrons. The van der Waals surface area contributed by atoms with Crippen molar-refractivity contribution in [1.29, 1.82) is 0 Å². The van der Waals surface area contributed by atoms with E-state index >= 15 is 0 Å². The van der Waals surface area contributed by atoms with Gasteiger partial charge in [-0.2, -0.15) is 5.10 Å². The van der Waals surface area contributed by atoms with E-state index in [4.69, 9.17) is 16.7 Å². The highest BCUT2D eigenvalue weighted by molar-refractivity contribution is 9.10. The van der Waals surface area contributed by atoms with E-state index in [9.17, 15) is 0 Å². The molecular weight excluding hydrogens is 336 g/mol. The Morgan fingerprint density at radius 3 is 2.45 bits per heavy atom. The fourth-order valence-electron chi connectivity index (χ4n) is 2.26. The first-order valence-corrected chi connectivity index (χ1v) is 7.70. The smallest absolute Gasteiger partial charge is 0.0696 e. The van der Waals surface area contributed by atoms with Crippen LogP contribution in [0, 0.1) is 0 Å². The van der Waals surface area contributed by atoms with Crippen molar-refractivity contribution in [2.45, 2.75) is 13.0 Å². The van der Waals surface area contributed by atoms with Gasteiger partial charge in [-0.15, -0.1) is 0 Å². The van der Waals surface area contributed by atoms with Crippen molar-refractivity contribution in [2.75, 3.05) is 6.54 Å². The summed E-state index contributed by atoms with van der Waals surface area (Å²) >= 11 is 9.37. The van der Waals surface area contributed by atoms with Gasteiger partial charge >= 0.3 is 0 Å². The van der Waals surface area contributed by atoms with Crippen LogP contribution in [0.5, 0.6) is 0 Å². The molecule has 3 rings (SSSR count). The first-order valence-electron chi connectivity index (χ1n) is 6.53. The van der Waals surface area contributed by atoms with Gasteiger partial charge in [-0.3, -0.25) is 5.01 Å². The summed E-state index contributed by atoms with van der Waals surface area (Å²) in [5.74, 6) is 0. The quantitative estimate of drug-likeness (QED) is 0.783. The predicted molar refractivity (Wildman–Crippen MR) is 87.2 cm³/mol. The summed E-state index contributed by atoms with van der Waals surface area (Å²) < 4.78 is 1.10. The molecule has 1 heterocycles. The molecule has 2 aromatic rings. The predicted octanol–water partition coefficient (Wildman–Crippen LogP) is 4.71. The lowest BCUT2D eigenvalue weighted by Crippen LogP contribution is -2.13. The van der Waals surface area contributed by atoms with Crippen LogP contribution in [0.2, 0.25) is 5.02 Å². The Morgan fingerprint density at radius 2 is 1.75 bits per heavy atom. The highest BCUT2D eigenvalue weighted by Crippen LogP contribution is 2.19. The zero-order valence-corrected chi connectivity index (χ0v) is 13.2. The van der Waals surface area contributed by atoms with Crippen LogP contribution < -0.4 is 0 Å². The minimum Gasteiger partial charge on any atom is -0.292 e. The average Bonchev–Trinajstić information content (AvgIpc) is 2.91. The molecule has 2 aromatic carbocycles. The van der Waals surface area contributed by atoms with Crippen molar-refractivity contribution in [2.24, 2.45) is 5.10 Å². The van der Waals surface area contributed by atoms with E-state index in [1.54, 1.807) is 0 Å². The fraction of sp³-hybridized carbons (Fsp3) is 0.188. The summed E-state index contributed by atoms with van der Waals surface area (Å²) in [6, 6.07) is 16.3. The van der Waals surface area contributed by atoms with Crippen molar-refractivity contribution in [3.63, 3.8) is 0 Å². The Bertz CT molecular complexity index is 620. The summed E-state index contributed by atoms with van der Waals surface area (Å²) in [4.78, 5) is 0. The molecule has 0 spiro atoms. The van der Waals surface area contributed by atoms with Crippen molar-refractivity contribution in [3.8, 4) is 0 Å². The third-order valence-corrected chi connectivity index (χ3v) is 4.11. The normalized spacial score (nSPS) is 14.5. The van der Waals surface area contributed by atoms with E-state index in [-0.39, 0.29) is 0 Å². The number of hydrazone groups is 1. The molecule has 2 nitrogen and oxygen atoms in total. The van der Waals surface area contributed by atoms with Crippen LogP contribution in [0.25, 0.3) is 0 Å². The number of hydrogen-bond donors (Lipinski definition) is 0. The van der Waals surface area contributed by atoms with Crippen molar-refractivity contribution < 1.29 is 0 Å². The molecule has 1 aliphatic heterocycles. The zero-order valence-electron chi connectivity index (χ0n) is 10.9. The SMILES string of the molecule is Clc1ccc(C2=NN(Cc3ccc(Br)cc3)CC2)cc1. The summed E-state index contributed by atoms with van der Waals surface area (Å²) in [6.07, 6.45) is 0.984. The highest BCUT2D eigenvalue weighted by Gasteiger charge is 2.15. The van der Waals surface area contributed by atoms with Crippen LogP contribution in [0.15, 0.2) is 58.1 Å². The van der Waals surface area contributed by atoms with Crippen molar-refractivity contribution >= 4 is 33.2 Å². The molecule has 0 saturated carbocycles. The topological polar surface area (TPSA) is 15.6 Å². The molecule has 20 heavy (non-hydrogen) atoms. The number of hydrogen-bond acceptors (Lipinski definition) is 2. The van der Waals surface area contributed by atoms with E-state index in [2.05, 4.69) is 45.2 Å². The minimum atomic E-state index is 0.763. The molecule has 0 aliphatic carbocycles. The molecule has 0 atom stereocenters. The van der Waals surface area contributed by atoms with Gasteiger partial charge in [-0.1, -0.05) is 51.8 Å². The van der Waals surface area contributed by atoms with Crippen LogP contribution in [-0.4, -0.2) is 17.3 Å². The molecule has 0 amide bonds. The standard InChI is InChI=1S/C16H14BrClN2/c17-14-5-1-12(2-6-14)11-20-10-9-16(19-20)13-3-7-15(18)8-4-13/h1-8H,9-11H2. The number of benzene rings is 2. The molecular formula is C16H14BrClN2. The molecule has 0 radical (unpaired) electrons. The van der Waals surface area contributed by atoms with E-state index in [0.717, 1.165) is 40.3 Å². The lowest BCUT2D eigenvalue weighted by atomic mass is 10.1. The largest absolute Gasteiger partial charge is 0.292 e. The molecule has 1 aliphatic rings. The molecule has 0 N–H and O–H groups in total.